The molecule has 0 bridgehead atoms. The Morgan fingerprint density at radius 3 is 2.70 bits per heavy atom. The summed E-state index contributed by atoms with van der Waals surface area (Å²) in [6.45, 7) is 2.00. The van der Waals surface area contributed by atoms with Crippen molar-refractivity contribution in [1.82, 2.24) is 4.57 Å². The topological polar surface area (TPSA) is 31.2 Å². The van der Waals surface area contributed by atoms with Crippen LogP contribution in [0.25, 0.3) is 11.3 Å². The van der Waals surface area contributed by atoms with Gasteiger partial charge in [0.15, 0.2) is 0 Å². The molecule has 2 rings (SSSR count). The molecule has 1 aromatic heterocycles. The summed E-state index contributed by atoms with van der Waals surface area (Å²) < 4.78 is 7.14. The first-order chi connectivity index (χ1) is 9.54. The zero-order valence-corrected chi connectivity index (χ0v) is 13.2. The predicted molar refractivity (Wildman–Crippen MR) is 85.9 cm³/mol. The van der Waals surface area contributed by atoms with Gasteiger partial charge in [-0.3, -0.25) is 4.79 Å². The molecule has 2 aromatic rings. The number of hydrogen-bond donors (Lipinski definition) is 0. The Balaban J connectivity index is 2.44. The number of nitrogens with zero attached hydrogens (tertiary/aromatic N) is 1. The van der Waals surface area contributed by atoms with Gasteiger partial charge < -0.3 is 9.30 Å². The monoisotopic (exact) mass is 309 g/mol. The number of rotatable bonds is 4. The fourth-order valence-corrected chi connectivity index (χ4v) is 2.46. The molecule has 0 saturated carbocycles. The Kier molecular flexibility index (Phi) is 4.78. The van der Waals surface area contributed by atoms with E-state index < -0.39 is 0 Å². The fourth-order valence-electron chi connectivity index (χ4n) is 2.02. The number of aromatic nitrogens is 1. The summed E-state index contributed by atoms with van der Waals surface area (Å²) in [5.41, 5.74) is 2.71. The van der Waals surface area contributed by atoms with Crippen molar-refractivity contribution in [3.63, 3.8) is 0 Å². The molecule has 0 fully saturated rings. The van der Waals surface area contributed by atoms with Crippen molar-refractivity contribution in [2.75, 3.05) is 12.2 Å². The van der Waals surface area contributed by atoms with Crippen LogP contribution in [0.15, 0.2) is 35.1 Å². The van der Waals surface area contributed by atoms with Gasteiger partial charge in [0.25, 0.3) is 5.56 Å². The van der Waals surface area contributed by atoms with Crippen LogP contribution in [0.5, 0.6) is 5.75 Å². The third-order valence-electron chi connectivity index (χ3n) is 3.08. The number of thioether (sulfide) groups is 1. The standard InChI is InChI=1S/C15H16ClNO2S/c1-10-8-11(19-9-20-3)4-5-12(10)14-7-6-13(16)15(18)17(14)2/h4-8H,9H2,1-3H3. The lowest BCUT2D eigenvalue weighted by molar-refractivity contribution is 0.393. The predicted octanol–water partition coefficient (Wildman–Crippen LogP) is 3.71. The number of aryl methyl sites for hydroxylation is 1. The van der Waals surface area contributed by atoms with E-state index in [9.17, 15) is 4.79 Å². The molecule has 0 saturated heterocycles. The van der Waals surface area contributed by atoms with E-state index in [2.05, 4.69) is 0 Å². The Morgan fingerprint density at radius 2 is 2.05 bits per heavy atom. The van der Waals surface area contributed by atoms with Crippen LogP contribution in [0.1, 0.15) is 5.56 Å². The van der Waals surface area contributed by atoms with Crippen LogP contribution in [-0.2, 0) is 7.05 Å². The number of benzene rings is 1. The van der Waals surface area contributed by atoms with Crippen molar-refractivity contribution < 1.29 is 4.74 Å². The van der Waals surface area contributed by atoms with E-state index in [-0.39, 0.29) is 10.6 Å². The maximum atomic E-state index is 11.9. The van der Waals surface area contributed by atoms with Crippen LogP contribution in [0, 0.1) is 6.92 Å². The Labute approximate surface area is 127 Å². The van der Waals surface area contributed by atoms with E-state index in [0.717, 1.165) is 22.6 Å². The van der Waals surface area contributed by atoms with E-state index in [4.69, 9.17) is 16.3 Å². The molecule has 20 heavy (non-hydrogen) atoms. The molecule has 0 aliphatic carbocycles. The quantitative estimate of drug-likeness (QED) is 0.807. The average molecular weight is 310 g/mol. The van der Waals surface area contributed by atoms with E-state index in [1.165, 1.54) is 0 Å². The molecule has 0 amide bonds. The van der Waals surface area contributed by atoms with Crippen molar-refractivity contribution in [3.05, 3.63) is 51.3 Å². The van der Waals surface area contributed by atoms with Crippen molar-refractivity contribution in [3.8, 4) is 17.0 Å². The lowest BCUT2D eigenvalue weighted by Crippen LogP contribution is -2.18. The van der Waals surface area contributed by atoms with Gasteiger partial charge in [0.05, 0.1) is 5.69 Å². The number of ether oxygens (including phenoxy) is 1. The van der Waals surface area contributed by atoms with Gasteiger partial charge in [-0.2, -0.15) is 0 Å². The zero-order chi connectivity index (χ0) is 14.7. The van der Waals surface area contributed by atoms with Crippen LogP contribution >= 0.6 is 23.4 Å². The summed E-state index contributed by atoms with van der Waals surface area (Å²) in [6.07, 6.45) is 1.99. The SMILES string of the molecule is CSCOc1ccc(-c2ccc(Cl)c(=O)n2C)c(C)c1. The number of hydrogen-bond acceptors (Lipinski definition) is 3. The molecule has 0 N–H and O–H groups in total. The van der Waals surface area contributed by atoms with Gasteiger partial charge in [-0.15, -0.1) is 11.8 Å². The minimum absolute atomic E-state index is 0.189. The van der Waals surface area contributed by atoms with Gasteiger partial charge >= 0.3 is 0 Å². The highest BCUT2D eigenvalue weighted by Gasteiger charge is 2.09. The average Bonchev–Trinajstić information content (AvgIpc) is 2.44. The van der Waals surface area contributed by atoms with Crippen molar-refractivity contribution in [2.45, 2.75) is 6.92 Å². The molecule has 3 nitrogen and oxygen atoms in total. The summed E-state index contributed by atoms with van der Waals surface area (Å²) in [5.74, 6) is 1.46. The van der Waals surface area contributed by atoms with E-state index in [1.807, 2.05) is 37.4 Å². The largest absolute Gasteiger partial charge is 0.483 e. The Morgan fingerprint density at radius 1 is 1.30 bits per heavy atom. The molecule has 0 atom stereocenters. The molecule has 0 aliphatic rings. The molecule has 106 valence electrons. The lowest BCUT2D eigenvalue weighted by Gasteiger charge is -2.13. The highest BCUT2D eigenvalue weighted by Crippen LogP contribution is 2.26. The third-order valence-corrected chi connectivity index (χ3v) is 3.72. The molecule has 0 radical (unpaired) electrons. The molecule has 1 heterocycles. The molecular formula is C15H16ClNO2S. The summed E-state index contributed by atoms with van der Waals surface area (Å²) in [6, 6.07) is 9.35. The lowest BCUT2D eigenvalue weighted by atomic mass is 10.0. The zero-order valence-electron chi connectivity index (χ0n) is 11.6. The molecule has 0 spiro atoms. The molecule has 0 unspecified atom stereocenters. The van der Waals surface area contributed by atoms with Gasteiger partial charge in [-0.25, -0.2) is 0 Å². The number of pyridine rings is 1. The van der Waals surface area contributed by atoms with Gasteiger partial charge in [0.2, 0.25) is 0 Å². The highest BCUT2D eigenvalue weighted by atomic mass is 35.5. The summed E-state index contributed by atoms with van der Waals surface area (Å²) >= 11 is 7.47. The summed E-state index contributed by atoms with van der Waals surface area (Å²) in [4.78, 5) is 11.9. The van der Waals surface area contributed by atoms with Gasteiger partial charge in [-0.1, -0.05) is 11.6 Å². The minimum Gasteiger partial charge on any atom is -0.483 e. The molecule has 1 aromatic carbocycles. The van der Waals surface area contributed by atoms with Gasteiger partial charge in [-0.05, 0) is 49.1 Å². The van der Waals surface area contributed by atoms with Crippen molar-refractivity contribution in [2.24, 2.45) is 7.05 Å². The molecular weight excluding hydrogens is 294 g/mol. The second-order valence-electron chi connectivity index (χ2n) is 4.46. The van der Waals surface area contributed by atoms with Crippen LogP contribution in [0.2, 0.25) is 5.02 Å². The van der Waals surface area contributed by atoms with Crippen LogP contribution < -0.4 is 10.3 Å². The van der Waals surface area contributed by atoms with Crippen LogP contribution in [0.4, 0.5) is 0 Å². The Hall–Kier alpha value is -1.39. The first kappa shape index (κ1) is 15.0. The van der Waals surface area contributed by atoms with Crippen LogP contribution in [-0.4, -0.2) is 16.8 Å². The molecule has 5 heteroatoms. The molecule has 0 aliphatic heterocycles. The van der Waals surface area contributed by atoms with Crippen molar-refractivity contribution in [1.29, 1.82) is 0 Å². The normalized spacial score (nSPS) is 10.6. The maximum absolute atomic E-state index is 11.9. The first-order valence-corrected chi connectivity index (χ1v) is 7.90. The van der Waals surface area contributed by atoms with E-state index in [0.29, 0.717) is 5.94 Å². The summed E-state index contributed by atoms with van der Waals surface area (Å²) in [5, 5.41) is 0.230. The Bertz CT molecular complexity index is 682. The van der Waals surface area contributed by atoms with Gasteiger partial charge in [0, 0.05) is 12.6 Å². The highest BCUT2D eigenvalue weighted by molar-refractivity contribution is 7.98. The minimum atomic E-state index is -0.189. The summed E-state index contributed by atoms with van der Waals surface area (Å²) in [7, 11) is 1.72. The van der Waals surface area contributed by atoms with Gasteiger partial charge in [0.1, 0.15) is 16.7 Å². The maximum Gasteiger partial charge on any atom is 0.269 e. The second kappa shape index (κ2) is 6.37. The third kappa shape index (κ3) is 3.02. The van der Waals surface area contributed by atoms with E-state index in [1.54, 1.807) is 29.4 Å². The smallest absolute Gasteiger partial charge is 0.269 e. The van der Waals surface area contributed by atoms with E-state index >= 15 is 0 Å². The van der Waals surface area contributed by atoms with Crippen molar-refractivity contribution >= 4 is 23.4 Å². The first-order valence-electron chi connectivity index (χ1n) is 6.13. The fraction of sp³-hybridized carbons (Fsp3) is 0.267. The number of halogens is 1. The van der Waals surface area contributed by atoms with Crippen LogP contribution in [0.3, 0.4) is 0 Å². The second-order valence-corrected chi connectivity index (χ2v) is 5.68.